The molecular formula is C47H69N5O3. The third-order valence-electron chi connectivity index (χ3n) is 17.3. The molecule has 55 heavy (non-hydrogen) atoms. The van der Waals surface area contributed by atoms with Crippen LogP contribution in [0.4, 0.5) is 4.79 Å². The van der Waals surface area contributed by atoms with Crippen LogP contribution >= 0.6 is 0 Å². The molecule has 2 N–H and O–H groups in total. The van der Waals surface area contributed by atoms with Crippen LogP contribution in [0.5, 0.6) is 0 Å². The lowest BCUT2D eigenvalue weighted by atomic mass is 9.33. The number of carbonyl (C=O) groups is 2. The van der Waals surface area contributed by atoms with E-state index in [-0.39, 0.29) is 57.5 Å². The van der Waals surface area contributed by atoms with Gasteiger partial charge in [-0.05, 0) is 140 Å². The van der Waals surface area contributed by atoms with E-state index in [2.05, 4.69) is 102 Å². The molecule has 2 heterocycles. The molecule has 0 spiro atoms. The Balaban J connectivity index is 1.12. The zero-order valence-corrected chi connectivity index (χ0v) is 35.4. The largest absolute Gasteiger partial charge is 0.393 e. The SMILES string of the molecule is CC(C)C1=C2[C@H]3CC[C@@H]4[C@@]5(C)CC[C@H](O)C(C)(C)[C@@H]5CC[C@@]4(C)[C@]3(C)CC[C@@]2(NC(=O)N2CCC[C@H]2c2ncc(-c3ccccc3)n2CCN(C)C)CC1=O. The van der Waals surface area contributed by atoms with Gasteiger partial charge in [0.2, 0.25) is 0 Å². The molecule has 1 aliphatic heterocycles. The number of benzene rings is 1. The van der Waals surface area contributed by atoms with Crippen LogP contribution in [0.15, 0.2) is 47.7 Å². The van der Waals surface area contributed by atoms with Crippen LogP contribution in [-0.2, 0) is 11.3 Å². The van der Waals surface area contributed by atoms with Crippen molar-refractivity contribution in [1.82, 2.24) is 24.7 Å². The van der Waals surface area contributed by atoms with E-state index in [1.54, 1.807) is 0 Å². The zero-order valence-electron chi connectivity index (χ0n) is 35.4. The molecule has 4 saturated carbocycles. The van der Waals surface area contributed by atoms with Gasteiger partial charge < -0.3 is 24.8 Å². The standard InChI is InChI=1S/C47H69N5O3/c1-30(2)39-35(53)28-47(49-42(55)52-25-13-16-33(52)41-48-29-34(31-14-11-10-12-15-31)51(41)27-26-50(8)9)24-23-45(6)32(40(39)47)17-18-37-44(5)21-20-38(54)43(3,4)36(44)19-22-46(37,45)7/h10-12,14-15,29-30,32-33,36-38,54H,13,16-28H2,1-9H3,(H,49,55)/t32-,33+,36+,37-,38+,44+,45-,46-,47-/m1/s1. The first kappa shape index (κ1) is 38.9. The van der Waals surface area contributed by atoms with E-state index in [0.717, 1.165) is 93.5 Å². The number of nitrogens with zero attached hydrogens (tertiary/aromatic N) is 4. The fraction of sp³-hybridized carbons (Fsp3) is 0.723. The van der Waals surface area contributed by atoms with Gasteiger partial charge in [0.1, 0.15) is 5.82 Å². The van der Waals surface area contributed by atoms with Crippen LogP contribution in [0.1, 0.15) is 131 Å². The number of hydrogen-bond donors (Lipinski definition) is 2. The molecule has 0 unspecified atom stereocenters. The fourth-order valence-corrected chi connectivity index (χ4v) is 14.3. The molecular weight excluding hydrogens is 683 g/mol. The Labute approximate surface area is 330 Å². The number of likely N-dealkylation sites (N-methyl/N-ethyl adjacent to an activating group) is 1. The zero-order chi connectivity index (χ0) is 39.3. The number of hydrogen-bond acceptors (Lipinski definition) is 5. The number of fused-ring (bicyclic) bond motifs is 7. The minimum atomic E-state index is -0.637. The van der Waals surface area contributed by atoms with Crippen molar-refractivity contribution in [1.29, 1.82) is 0 Å². The lowest BCUT2D eigenvalue weighted by Crippen LogP contribution is -2.67. The molecule has 6 aliphatic rings. The second kappa shape index (κ2) is 13.6. The highest BCUT2D eigenvalue weighted by atomic mass is 16.3. The van der Waals surface area contributed by atoms with E-state index in [1.165, 1.54) is 12.0 Å². The minimum absolute atomic E-state index is 0.0274. The second-order valence-corrected chi connectivity index (χ2v) is 20.8. The number of imidazole rings is 1. The highest BCUT2D eigenvalue weighted by Gasteiger charge is 2.70. The van der Waals surface area contributed by atoms with Crippen molar-refractivity contribution in [3.63, 3.8) is 0 Å². The lowest BCUT2D eigenvalue weighted by molar-refractivity contribution is -0.226. The summed E-state index contributed by atoms with van der Waals surface area (Å²) in [5.41, 5.74) is 4.13. The fourth-order valence-electron chi connectivity index (χ4n) is 14.3. The van der Waals surface area contributed by atoms with Gasteiger partial charge in [-0.3, -0.25) is 4.79 Å². The summed E-state index contributed by atoms with van der Waals surface area (Å²) < 4.78 is 2.33. The van der Waals surface area contributed by atoms with E-state index in [1.807, 2.05) is 17.2 Å². The molecule has 1 aromatic heterocycles. The normalized spacial score (nSPS) is 38.2. The molecule has 8 nitrogen and oxygen atoms in total. The molecule has 2 amide bonds. The van der Waals surface area contributed by atoms with Gasteiger partial charge in [-0.1, -0.05) is 78.8 Å². The number of aliphatic hydroxyl groups excluding tert-OH is 1. The van der Waals surface area contributed by atoms with Crippen molar-refractivity contribution in [3.8, 4) is 11.3 Å². The van der Waals surface area contributed by atoms with Gasteiger partial charge in [0.25, 0.3) is 0 Å². The summed E-state index contributed by atoms with van der Waals surface area (Å²) in [5.74, 6) is 2.67. The van der Waals surface area contributed by atoms with Crippen molar-refractivity contribution >= 4 is 11.8 Å². The number of carbonyl (C=O) groups excluding carboxylic acids is 2. The highest BCUT2D eigenvalue weighted by molar-refractivity contribution is 6.02. The number of rotatable bonds is 7. The Kier molecular flexibility index (Phi) is 9.59. The maximum Gasteiger partial charge on any atom is 0.318 e. The van der Waals surface area contributed by atoms with E-state index in [9.17, 15) is 14.7 Å². The van der Waals surface area contributed by atoms with E-state index in [4.69, 9.17) is 4.98 Å². The lowest BCUT2D eigenvalue weighted by Gasteiger charge is -2.72. The number of likely N-dealkylation sites (tertiary alicyclic amines) is 1. The Morgan fingerprint density at radius 3 is 2.40 bits per heavy atom. The van der Waals surface area contributed by atoms with Gasteiger partial charge in [0, 0.05) is 26.1 Å². The maximum absolute atomic E-state index is 14.9. The third-order valence-corrected chi connectivity index (χ3v) is 17.3. The Hall–Kier alpha value is -2.97. The summed E-state index contributed by atoms with van der Waals surface area (Å²) in [5, 5.41) is 14.9. The predicted molar refractivity (Wildman–Crippen MR) is 219 cm³/mol. The quantitative estimate of drug-likeness (QED) is 0.295. The molecule has 9 atom stereocenters. The average molecular weight is 752 g/mol. The molecule has 8 rings (SSSR count). The molecule has 0 radical (unpaired) electrons. The van der Waals surface area contributed by atoms with Gasteiger partial charge in [0.15, 0.2) is 5.78 Å². The summed E-state index contributed by atoms with van der Waals surface area (Å²) in [7, 11) is 4.20. The number of urea groups is 1. The molecule has 1 aromatic carbocycles. The number of nitrogens with one attached hydrogen (secondary N) is 1. The number of Topliss-reactive ketones (excluding diaryl/α,β-unsaturated/α-hetero) is 1. The Morgan fingerprint density at radius 2 is 1.69 bits per heavy atom. The Morgan fingerprint density at radius 1 is 0.945 bits per heavy atom. The number of aromatic nitrogens is 2. The topological polar surface area (TPSA) is 90.7 Å². The van der Waals surface area contributed by atoms with Crippen molar-refractivity contribution < 1.29 is 14.7 Å². The molecule has 300 valence electrons. The highest BCUT2D eigenvalue weighted by Crippen LogP contribution is 2.75. The number of aliphatic hydroxyl groups is 1. The summed E-state index contributed by atoms with van der Waals surface area (Å²) >= 11 is 0. The van der Waals surface area contributed by atoms with Gasteiger partial charge in [-0.2, -0.15) is 0 Å². The second-order valence-electron chi connectivity index (χ2n) is 20.8. The summed E-state index contributed by atoms with van der Waals surface area (Å²) in [4.78, 5) is 38.5. The van der Waals surface area contributed by atoms with Crippen molar-refractivity contribution in [3.05, 3.63) is 53.5 Å². The Bertz CT molecular complexity index is 1850. The van der Waals surface area contributed by atoms with Gasteiger partial charge >= 0.3 is 6.03 Å². The summed E-state index contributed by atoms with van der Waals surface area (Å²) in [6, 6.07) is 10.3. The van der Waals surface area contributed by atoms with Crippen LogP contribution in [0, 0.1) is 45.3 Å². The van der Waals surface area contributed by atoms with Crippen LogP contribution in [-0.4, -0.2) is 75.1 Å². The van der Waals surface area contributed by atoms with Gasteiger partial charge in [-0.25, -0.2) is 9.78 Å². The van der Waals surface area contributed by atoms with Crippen LogP contribution in [0.3, 0.4) is 0 Å². The first-order chi connectivity index (χ1) is 26.0. The first-order valence-electron chi connectivity index (χ1n) is 21.8. The molecule has 5 fully saturated rings. The predicted octanol–water partition coefficient (Wildman–Crippen LogP) is 9.05. The molecule has 8 heteroatoms. The number of amides is 2. The van der Waals surface area contributed by atoms with Gasteiger partial charge in [0.05, 0.1) is 29.6 Å². The van der Waals surface area contributed by atoms with Crippen molar-refractivity contribution in [2.24, 2.45) is 45.3 Å². The molecule has 5 aliphatic carbocycles. The van der Waals surface area contributed by atoms with Gasteiger partial charge in [-0.15, -0.1) is 0 Å². The van der Waals surface area contributed by atoms with E-state index >= 15 is 0 Å². The van der Waals surface area contributed by atoms with E-state index < -0.39 is 5.54 Å². The summed E-state index contributed by atoms with van der Waals surface area (Å²) in [6.07, 6.45) is 12.3. The molecule has 1 saturated heterocycles. The van der Waals surface area contributed by atoms with E-state index in [0.29, 0.717) is 24.8 Å². The van der Waals surface area contributed by atoms with Crippen LogP contribution < -0.4 is 5.32 Å². The summed E-state index contributed by atoms with van der Waals surface area (Å²) in [6.45, 7) is 19.1. The van der Waals surface area contributed by atoms with Crippen LogP contribution in [0.2, 0.25) is 0 Å². The molecule has 0 bridgehead atoms. The monoisotopic (exact) mass is 752 g/mol. The van der Waals surface area contributed by atoms with Crippen LogP contribution in [0.25, 0.3) is 11.3 Å². The maximum atomic E-state index is 14.9. The number of allylic oxidation sites excluding steroid dienone is 1. The van der Waals surface area contributed by atoms with Crippen molar-refractivity contribution in [2.75, 3.05) is 27.2 Å². The van der Waals surface area contributed by atoms with Crippen molar-refractivity contribution in [2.45, 2.75) is 143 Å². The minimum Gasteiger partial charge on any atom is -0.393 e. The number of ketones is 1. The first-order valence-corrected chi connectivity index (χ1v) is 21.8. The third kappa shape index (κ3) is 5.75. The average Bonchev–Trinajstić information content (AvgIpc) is 3.85. The molecule has 2 aromatic rings. The smallest absolute Gasteiger partial charge is 0.318 e.